The van der Waals surface area contributed by atoms with Crippen molar-refractivity contribution in [3.63, 3.8) is 0 Å². The number of hydrogen-bond donors (Lipinski definition) is 1. The van der Waals surface area contributed by atoms with Gasteiger partial charge in [0.15, 0.2) is 6.61 Å². The van der Waals surface area contributed by atoms with Gasteiger partial charge < -0.3 is 14.8 Å². The molecule has 5 nitrogen and oxygen atoms in total. The first-order chi connectivity index (χ1) is 16.8. The van der Waals surface area contributed by atoms with Crippen LogP contribution in [0.15, 0.2) is 40.2 Å². The molecule has 0 spiro atoms. The number of fused-ring (bicyclic) bond motifs is 1. The lowest BCUT2D eigenvalue weighted by Crippen LogP contribution is -2.21. The summed E-state index contributed by atoms with van der Waals surface area (Å²) in [6.07, 6.45) is 4.55. The maximum atomic E-state index is 12.8. The van der Waals surface area contributed by atoms with Gasteiger partial charge in [0.05, 0.1) is 7.11 Å². The van der Waals surface area contributed by atoms with Crippen LogP contribution in [0.5, 0.6) is 5.75 Å². The molecule has 0 unspecified atom stereocenters. The Hall–Kier alpha value is -2.64. The molecular weight excluding hydrogens is 526 g/mol. The predicted octanol–water partition coefficient (Wildman–Crippen LogP) is 7.29. The normalized spacial score (nSPS) is 12.9. The summed E-state index contributed by atoms with van der Waals surface area (Å²) in [7, 11) is 1.36. The van der Waals surface area contributed by atoms with Crippen LogP contribution in [-0.4, -0.2) is 25.6 Å². The van der Waals surface area contributed by atoms with Crippen molar-refractivity contribution in [1.29, 1.82) is 0 Å². The molecule has 1 N–H and O–H groups in total. The number of esters is 1. The molecule has 1 aliphatic carbocycles. The monoisotopic (exact) mass is 555 g/mol. The molecule has 3 aromatic rings. The number of halogens is 1. The van der Waals surface area contributed by atoms with Crippen LogP contribution >= 0.6 is 27.3 Å². The summed E-state index contributed by atoms with van der Waals surface area (Å²) < 4.78 is 12.0. The van der Waals surface area contributed by atoms with Crippen molar-refractivity contribution in [1.82, 2.24) is 0 Å². The molecule has 0 atom stereocenters. The van der Waals surface area contributed by atoms with Crippen LogP contribution in [0, 0.1) is 6.92 Å². The average Bonchev–Trinajstić information content (AvgIpc) is 3.26. The second-order valence-corrected chi connectivity index (χ2v) is 10.9. The highest BCUT2D eigenvalue weighted by atomic mass is 79.9. The molecule has 4 rings (SSSR count). The average molecular weight is 557 g/mol. The van der Waals surface area contributed by atoms with Gasteiger partial charge in [0.1, 0.15) is 16.3 Å². The summed E-state index contributed by atoms with van der Waals surface area (Å²) in [5.74, 6) is 0.127. The Bertz CT molecular complexity index is 1260. The first-order valence-electron chi connectivity index (χ1n) is 11.8. The molecule has 0 aliphatic heterocycles. The van der Waals surface area contributed by atoms with Gasteiger partial charge in [0.2, 0.25) is 0 Å². The number of rotatable bonds is 7. The first-order valence-corrected chi connectivity index (χ1v) is 13.5. The molecule has 0 fully saturated rings. The van der Waals surface area contributed by atoms with Gasteiger partial charge >= 0.3 is 5.97 Å². The van der Waals surface area contributed by atoms with Crippen LogP contribution in [0.2, 0.25) is 0 Å². The number of anilines is 1. The van der Waals surface area contributed by atoms with E-state index in [-0.39, 0.29) is 18.4 Å². The third-order valence-corrected chi connectivity index (χ3v) is 8.11. The zero-order valence-electron chi connectivity index (χ0n) is 20.5. The maximum Gasteiger partial charge on any atom is 0.341 e. The van der Waals surface area contributed by atoms with Crippen LogP contribution in [0.1, 0.15) is 65.2 Å². The molecule has 184 valence electrons. The molecule has 0 radical (unpaired) electrons. The standard InChI is InChI=1S/C28H30BrNO4S/c1-16(2)21-13-23(29)17(3)11-24(21)34-14-25(31)30-27-26(28(32)33-4)22(15-35-27)20-10-9-18-7-5-6-8-19(18)12-20/h9-13,15-16H,5-8,14H2,1-4H3,(H,30,31). The van der Waals surface area contributed by atoms with Crippen molar-refractivity contribution in [2.45, 2.75) is 52.4 Å². The van der Waals surface area contributed by atoms with E-state index in [1.165, 1.54) is 42.4 Å². The molecule has 7 heteroatoms. The number of aryl methyl sites for hydroxylation is 3. The molecule has 1 aromatic heterocycles. The van der Waals surface area contributed by atoms with Gasteiger partial charge in [-0.15, -0.1) is 11.3 Å². The third-order valence-electron chi connectivity index (χ3n) is 6.36. The molecular formula is C28H30BrNO4S. The van der Waals surface area contributed by atoms with Crippen LogP contribution in [0.4, 0.5) is 5.00 Å². The highest BCUT2D eigenvalue weighted by molar-refractivity contribution is 9.10. The molecule has 35 heavy (non-hydrogen) atoms. The SMILES string of the molecule is COC(=O)c1c(-c2ccc3c(c2)CCCC3)csc1NC(=O)COc1cc(C)c(Br)cc1C(C)C. The van der Waals surface area contributed by atoms with Crippen molar-refractivity contribution >= 4 is 44.1 Å². The van der Waals surface area contributed by atoms with Gasteiger partial charge in [-0.2, -0.15) is 0 Å². The summed E-state index contributed by atoms with van der Waals surface area (Å²) >= 11 is 4.89. The van der Waals surface area contributed by atoms with Crippen LogP contribution in [0.3, 0.4) is 0 Å². The van der Waals surface area contributed by atoms with E-state index in [1.54, 1.807) is 0 Å². The Kier molecular flexibility index (Phi) is 7.97. The fourth-order valence-corrected chi connectivity index (χ4v) is 5.76. The van der Waals surface area contributed by atoms with Gasteiger partial charge in [0.25, 0.3) is 5.91 Å². The van der Waals surface area contributed by atoms with E-state index in [9.17, 15) is 9.59 Å². The number of benzene rings is 2. The second kappa shape index (κ2) is 11.0. The Labute approximate surface area is 219 Å². The molecule has 0 saturated carbocycles. The highest BCUT2D eigenvalue weighted by Gasteiger charge is 2.23. The summed E-state index contributed by atoms with van der Waals surface area (Å²) in [6.45, 7) is 5.99. The summed E-state index contributed by atoms with van der Waals surface area (Å²) in [5.41, 5.74) is 6.89. The van der Waals surface area contributed by atoms with Crippen molar-refractivity contribution in [2.24, 2.45) is 0 Å². The van der Waals surface area contributed by atoms with Crippen LogP contribution in [0.25, 0.3) is 11.1 Å². The molecule has 1 amide bonds. The lowest BCUT2D eigenvalue weighted by Gasteiger charge is -2.17. The van der Waals surface area contributed by atoms with Crippen molar-refractivity contribution in [3.05, 3.63) is 68.0 Å². The number of amides is 1. The van der Waals surface area contributed by atoms with E-state index in [2.05, 4.69) is 53.3 Å². The number of nitrogens with one attached hydrogen (secondary N) is 1. The van der Waals surface area contributed by atoms with Crippen molar-refractivity contribution in [2.75, 3.05) is 19.0 Å². The number of carbonyl (C=O) groups is 2. The number of carbonyl (C=O) groups excluding carboxylic acids is 2. The highest BCUT2D eigenvalue weighted by Crippen LogP contribution is 2.38. The van der Waals surface area contributed by atoms with E-state index < -0.39 is 5.97 Å². The summed E-state index contributed by atoms with van der Waals surface area (Å²) in [4.78, 5) is 25.6. The Morgan fingerprint density at radius 2 is 1.86 bits per heavy atom. The lowest BCUT2D eigenvalue weighted by atomic mass is 9.89. The van der Waals surface area contributed by atoms with Crippen molar-refractivity contribution in [3.8, 4) is 16.9 Å². The van der Waals surface area contributed by atoms with Crippen LogP contribution in [-0.2, 0) is 22.4 Å². The fraction of sp³-hybridized carbons (Fsp3) is 0.357. The quantitative estimate of drug-likeness (QED) is 0.311. The topological polar surface area (TPSA) is 64.6 Å². The Morgan fingerprint density at radius 3 is 2.57 bits per heavy atom. The smallest absolute Gasteiger partial charge is 0.341 e. The van der Waals surface area contributed by atoms with E-state index in [0.717, 1.165) is 39.6 Å². The minimum atomic E-state index is -0.471. The van der Waals surface area contributed by atoms with Gasteiger partial charge in [0, 0.05) is 15.4 Å². The fourth-order valence-electron chi connectivity index (χ4n) is 4.42. The molecule has 1 aliphatic rings. The largest absolute Gasteiger partial charge is 0.483 e. The summed E-state index contributed by atoms with van der Waals surface area (Å²) in [5, 5.41) is 5.24. The number of hydrogen-bond acceptors (Lipinski definition) is 5. The number of ether oxygens (including phenoxy) is 2. The van der Waals surface area contributed by atoms with E-state index in [1.807, 2.05) is 24.4 Å². The van der Waals surface area contributed by atoms with Crippen molar-refractivity contribution < 1.29 is 19.1 Å². The van der Waals surface area contributed by atoms with Gasteiger partial charge in [-0.05, 0) is 78.5 Å². The van der Waals surface area contributed by atoms with Gasteiger partial charge in [-0.25, -0.2) is 4.79 Å². The number of thiophene rings is 1. The second-order valence-electron chi connectivity index (χ2n) is 9.17. The predicted molar refractivity (Wildman–Crippen MR) is 145 cm³/mol. The lowest BCUT2D eigenvalue weighted by molar-refractivity contribution is -0.118. The minimum Gasteiger partial charge on any atom is -0.483 e. The molecule has 1 heterocycles. The molecule has 0 bridgehead atoms. The third kappa shape index (κ3) is 5.62. The zero-order chi connectivity index (χ0) is 25.1. The molecule has 2 aromatic carbocycles. The Morgan fingerprint density at radius 1 is 1.11 bits per heavy atom. The van der Waals surface area contributed by atoms with Gasteiger partial charge in [-0.3, -0.25) is 4.79 Å². The molecule has 0 saturated heterocycles. The minimum absolute atomic E-state index is 0.159. The van der Waals surface area contributed by atoms with Crippen LogP contribution < -0.4 is 10.1 Å². The van der Waals surface area contributed by atoms with E-state index in [4.69, 9.17) is 9.47 Å². The van der Waals surface area contributed by atoms with Gasteiger partial charge in [-0.1, -0.05) is 48.0 Å². The number of methoxy groups -OCH3 is 1. The van der Waals surface area contributed by atoms with E-state index in [0.29, 0.717) is 16.3 Å². The first kappa shape index (κ1) is 25.5. The zero-order valence-corrected chi connectivity index (χ0v) is 22.9. The Balaban J connectivity index is 1.55. The van der Waals surface area contributed by atoms with E-state index >= 15 is 0 Å². The summed E-state index contributed by atoms with van der Waals surface area (Å²) in [6, 6.07) is 10.3. The maximum absolute atomic E-state index is 12.8.